The van der Waals surface area contributed by atoms with Crippen molar-refractivity contribution in [2.75, 3.05) is 6.61 Å². The highest BCUT2D eigenvalue weighted by molar-refractivity contribution is 6.18. The lowest BCUT2D eigenvalue weighted by Crippen LogP contribution is -2.25. The number of allylic oxidation sites excluding steroid dienone is 5. The molecule has 0 fully saturated rings. The van der Waals surface area contributed by atoms with Gasteiger partial charge in [0.1, 0.15) is 5.76 Å². The summed E-state index contributed by atoms with van der Waals surface area (Å²) in [6, 6.07) is 0. The molecular formula is C14H17NO2. The van der Waals surface area contributed by atoms with E-state index in [1.54, 1.807) is 6.08 Å². The average molecular weight is 231 g/mol. The van der Waals surface area contributed by atoms with Gasteiger partial charge in [-0.1, -0.05) is 13.3 Å². The summed E-state index contributed by atoms with van der Waals surface area (Å²) in [5, 5.41) is 0. The van der Waals surface area contributed by atoms with Gasteiger partial charge in [0.05, 0.1) is 18.2 Å². The Labute approximate surface area is 102 Å². The van der Waals surface area contributed by atoms with Crippen LogP contribution in [0.4, 0.5) is 0 Å². The maximum atomic E-state index is 12.0. The minimum Gasteiger partial charge on any atom is -0.494 e. The van der Waals surface area contributed by atoms with Crippen LogP contribution in [0.5, 0.6) is 0 Å². The first-order chi connectivity index (χ1) is 8.24. The maximum Gasteiger partial charge on any atom is 0.170 e. The van der Waals surface area contributed by atoms with E-state index in [0.29, 0.717) is 6.61 Å². The molecule has 0 aromatic heterocycles. The van der Waals surface area contributed by atoms with E-state index in [4.69, 9.17) is 4.74 Å². The Hall–Kier alpha value is -1.64. The van der Waals surface area contributed by atoms with Crippen LogP contribution in [-0.2, 0) is 9.53 Å². The molecule has 2 rings (SSSR count). The van der Waals surface area contributed by atoms with Crippen molar-refractivity contribution in [1.82, 2.24) is 0 Å². The molecule has 0 saturated carbocycles. The maximum absolute atomic E-state index is 12.0. The van der Waals surface area contributed by atoms with Crippen LogP contribution in [-0.4, -0.2) is 18.1 Å². The highest BCUT2D eigenvalue weighted by atomic mass is 16.5. The summed E-state index contributed by atoms with van der Waals surface area (Å²) in [4.78, 5) is 16.5. The van der Waals surface area contributed by atoms with E-state index in [1.165, 1.54) is 0 Å². The SMILES string of the molecule is CCCC1=CC(=O)C2C=C(OCC)C=CC2=N1. The summed E-state index contributed by atoms with van der Waals surface area (Å²) in [7, 11) is 0. The zero-order chi connectivity index (χ0) is 12.3. The van der Waals surface area contributed by atoms with Crippen LogP contribution in [0, 0.1) is 5.92 Å². The lowest BCUT2D eigenvalue weighted by Gasteiger charge is -2.20. The Bertz CT molecular complexity index is 441. The molecule has 90 valence electrons. The molecule has 1 aliphatic heterocycles. The van der Waals surface area contributed by atoms with Crippen molar-refractivity contribution in [2.45, 2.75) is 26.7 Å². The largest absolute Gasteiger partial charge is 0.494 e. The summed E-state index contributed by atoms with van der Waals surface area (Å²) in [5.41, 5.74) is 1.73. The molecule has 0 saturated heterocycles. The number of ketones is 1. The van der Waals surface area contributed by atoms with Gasteiger partial charge in [-0.2, -0.15) is 0 Å². The number of hydrogen-bond acceptors (Lipinski definition) is 3. The monoisotopic (exact) mass is 231 g/mol. The molecular weight excluding hydrogens is 214 g/mol. The smallest absolute Gasteiger partial charge is 0.170 e. The van der Waals surface area contributed by atoms with Crippen LogP contribution in [0.1, 0.15) is 26.7 Å². The van der Waals surface area contributed by atoms with E-state index >= 15 is 0 Å². The van der Waals surface area contributed by atoms with Crippen LogP contribution < -0.4 is 0 Å². The van der Waals surface area contributed by atoms with Gasteiger partial charge in [-0.3, -0.25) is 9.79 Å². The predicted octanol–water partition coefficient (Wildman–Crippen LogP) is 2.80. The molecule has 0 aromatic rings. The van der Waals surface area contributed by atoms with Crippen LogP contribution >= 0.6 is 0 Å². The first-order valence-corrected chi connectivity index (χ1v) is 6.10. The van der Waals surface area contributed by atoms with E-state index in [0.717, 1.165) is 30.0 Å². The fourth-order valence-electron chi connectivity index (χ4n) is 2.01. The Morgan fingerprint density at radius 2 is 2.18 bits per heavy atom. The van der Waals surface area contributed by atoms with Crippen molar-refractivity contribution in [3.63, 3.8) is 0 Å². The highest BCUT2D eigenvalue weighted by Gasteiger charge is 2.26. The van der Waals surface area contributed by atoms with Crippen LogP contribution in [0.3, 0.4) is 0 Å². The molecule has 0 spiro atoms. The zero-order valence-electron chi connectivity index (χ0n) is 10.3. The van der Waals surface area contributed by atoms with Gasteiger partial charge in [-0.15, -0.1) is 0 Å². The van der Waals surface area contributed by atoms with Gasteiger partial charge in [0, 0.05) is 11.8 Å². The molecule has 0 aromatic carbocycles. The number of nitrogens with zero attached hydrogens (tertiary/aromatic N) is 1. The van der Waals surface area contributed by atoms with Crippen molar-refractivity contribution < 1.29 is 9.53 Å². The molecule has 0 radical (unpaired) electrons. The van der Waals surface area contributed by atoms with Gasteiger partial charge >= 0.3 is 0 Å². The van der Waals surface area contributed by atoms with E-state index in [-0.39, 0.29) is 11.7 Å². The Morgan fingerprint density at radius 3 is 2.88 bits per heavy atom. The molecule has 17 heavy (non-hydrogen) atoms. The van der Waals surface area contributed by atoms with Crippen LogP contribution in [0.15, 0.2) is 40.8 Å². The Kier molecular flexibility index (Phi) is 3.57. The van der Waals surface area contributed by atoms with Gasteiger partial charge in [-0.05, 0) is 31.6 Å². The first kappa shape index (κ1) is 11.8. The summed E-state index contributed by atoms with van der Waals surface area (Å²) in [6.07, 6.45) is 9.14. The second-order valence-electron chi connectivity index (χ2n) is 4.14. The van der Waals surface area contributed by atoms with E-state index < -0.39 is 0 Å². The molecule has 1 heterocycles. The number of carbonyl (C=O) groups is 1. The second-order valence-corrected chi connectivity index (χ2v) is 4.14. The standard InChI is InChI=1S/C14H17NO2/c1-3-5-10-8-14(16)12-9-11(17-4-2)6-7-13(12)15-10/h6-9,12H,3-5H2,1-2H3. The quantitative estimate of drug-likeness (QED) is 0.746. The third-order valence-electron chi connectivity index (χ3n) is 2.77. The lowest BCUT2D eigenvalue weighted by molar-refractivity contribution is -0.115. The minimum atomic E-state index is -0.248. The molecule has 0 N–H and O–H groups in total. The normalized spacial score (nSPS) is 22.6. The van der Waals surface area contributed by atoms with Gasteiger partial charge in [0.15, 0.2) is 5.78 Å². The van der Waals surface area contributed by atoms with E-state index in [1.807, 2.05) is 25.2 Å². The molecule has 2 aliphatic rings. The Balaban J connectivity index is 2.21. The van der Waals surface area contributed by atoms with E-state index in [2.05, 4.69) is 11.9 Å². The fourth-order valence-corrected chi connectivity index (χ4v) is 2.01. The zero-order valence-corrected chi connectivity index (χ0v) is 10.3. The van der Waals surface area contributed by atoms with Gasteiger partial charge in [-0.25, -0.2) is 0 Å². The van der Waals surface area contributed by atoms with Crippen LogP contribution in [0.2, 0.25) is 0 Å². The summed E-state index contributed by atoms with van der Waals surface area (Å²) in [5.74, 6) is 0.624. The molecule has 1 aliphatic carbocycles. The molecule has 1 unspecified atom stereocenters. The third kappa shape index (κ3) is 2.54. The summed E-state index contributed by atoms with van der Waals surface area (Å²) >= 11 is 0. The predicted molar refractivity (Wildman–Crippen MR) is 67.8 cm³/mol. The third-order valence-corrected chi connectivity index (χ3v) is 2.77. The number of carbonyl (C=O) groups excluding carboxylic acids is 1. The van der Waals surface area contributed by atoms with Crippen molar-refractivity contribution in [3.8, 4) is 0 Å². The van der Waals surface area contributed by atoms with Crippen molar-refractivity contribution in [1.29, 1.82) is 0 Å². The summed E-state index contributed by atoms with van der Waals surface area (Å²) < 4.78 is 5.40. The van der Waals surface area contributed by atoms with Crippen molar-refractivity contribution in [2.24, 2.45) is 10.9 Å². The number of ether oxygens (including phenoxy) is 1. The molecule has 0 amide bonds. The van der Waals surface area contributed by atoms with Gasteiger partial charge in [0.2, 0.25) is 0 Å². The highest BCUT2D eigenvalue weighted by Crippen LogP contribution is 2.24. The lowest BCUT2D eigenvalue weighted by atomic mass is 9.90. The van der Waals surface area contributed by atoms with Gasteiger partial charge < -0.3 is 4.74 Å². The van der Waals surface area contributed by atoms with Crippen molar-refractivity contribution in [3.05, 3.63) is 35.8 Å². The number of hydrogen-bond donors (Lipinski definition) is 0. The number of rotatable bonds is 4. The second kappa shape index (κ2) is 5.13. The summed E-state index contributed by atoms with van der Waals surface area (Å²) in [6.45, 7) is 4.63. The van der Waals surface area contributed by atoms with Crippen LogP contribution in [0.25, 0.3) is 0 Å². The molecule has 0 bridgehead atoms. The molecule has 3 heteroatoms. The molecule has 3 nitrogen and oxygen atoms in total. The number of fused-ring (bicyclic) bond motifs is 1. The fraction of sp³-hybridized carbons (Fsp3) is 0.429. The van der Waals surface area contributed by atoms with Gasteiger partial charge in [0.25, 0.3) is 0 Å². The molecule has 1 atom stereocenters. The Morgan fingerprint density at radius 1 is 1.35 bits per heavy atom. The average Bonchev–Trinajstić information content (AvgIpc) is 2.31. The van der Waals surface area contributed by atoms with E-state index in [9.17, 15) is 4.79 Å². The van der Waals surface area contributed by atoms with Crippen molar-refractivity contribution >= 4 is 11.5 Å². The number of aliphatic imine (C=N–C) groups is 1. The first-order valence-electron chi connectivity index (χ1n) is 6.10. The topological polar surface area (TPSA) is 38.7 Å². The minimum absolute atomic E-state index is 0.111.